The number of nitrogens with one attached hydrogen (secondary N) is 1. The summed E-state index contributed by atoms with van der Waals surface area (Å²) in [6.07, 6.45) is 3.20. The van der Waals surface area contributed by atoms with Gasteiger partial charge < -0.3 is 10.1 Å². The van der Waals surface area contributed by atoms with Crippen LogP contribution in [0.15, 0.2) is 0 Å². The van der Waals surface area contributed by atoms with Crippen LogP contribution in [0.3, 0.4) is 0 Å². The lowest BCUT2D eigenvalue weighted by atomic mass is 9.93. The van der Waals surface area contributed by atoms with Crippen LogP contribution in [0.5, 0.6) is 0 Å². The van der Waals surface area contributed by atoms with Crippen molar-refractivity contribution in [2.75, 3.05) is 6.54 Å². The molecule has 0 bridgehead atoms. The summed E-state index contributed by atoms with van der Waals surface area (Å²) in [5, 5.41) is 3.22. The molecule has 0 amide bonds. The van der Waals surface area contributed by atoms with Gasteiger partial charge in [-0.25, -0.2) is 0 Å². The summed E-state index contributed by atoms with van der Waals surface area (Å²) in [6, 6.07) is -0.0854. The van der Waals surface area contributed by atoms with Gasteiger partial charge in [0.1, 0.15) is 6.04 Å². The van der Waals surface area contributed by atoms with Gasteiger partial charge in [0.25, 0.3) is 0 Å². The van der Waals surface area contributed by atoms with Crippen LogP contribution in [-0.4, -0.2) is 24.7 Å². The molecule has 3 heteroatoms. The van der Waals surface area contributed by atoms with Crippen LogP contribution in [0.2, 0.25) is 0 Å². The van der Waals surface area contributed by atoms with E-state index in [0.29, 0.717) is 5.92 Å². The molecule has 0 aliphatic carbocycles. The largest absolute Gasteiger partial charge is 0.462 e. The summed E-state index contributed by atoms with van der Waals surface area (Å²) < 4.78 is 5.31. The van der Waals surface area contributed by atoms with Gasteiger partial charge in [0.15, 0.2) is 0 Å². The van der Waals surface area contributed by atoms with Crippen molar-refractivity contribution in [3.8, 4) is 0 Å². The molecule has 1 fully saturated rings. The Morgan fingerprint density at radius 3 is 2.93 bits per heavy atom. The van der Waals surface area contributed by atoms with Crippen molar-refractivity contribution in [1.82, 2.24) is 5.32 Å². The normalized spacial score (nSPS) is 29.6. The lowest BCUT2D eigenvalue weighted by Crippen LogP contribution is -2.47. The molecule has 0 saturated carbocycles. The van der Waals surface area contributed by atoms with Crippen molar-refractivity contribution < 1.29 is 9.53 Å². The number of hydrogen-bond acceptors (Lipinski definition) is 3. The van der Waals surface area contributed by atoms with Crippen LogP contribution in [0.25, 0.3) is 0 Å². The quantitative estimate of drug-likeness (QED) is 0.703. The van der Waals surface area contributed by atoms with E-state index in [-0.39, 0.29) is 18.1 Å². The Bertz CT molecular complexity index is 194. The zero-order valence-corrected chi connectivity index (χ0v) is 9.38. The second-order valence-corrected chi connectivity index (χ2v) is 4.21. The monoisotopic (exact) mass is 199 g/mol. The molecule has 0 aromatic carbocycles. The third-order valence-corrected chi connectivity index (χ3v) is 2.92. The van der Waals surface area contributed by atoms with Crippen LogP contribution in [0.4, 0.5) is 0 Å². The Balaban J connectivity index is 2.42. The van der Waals surface area contributed by atoms with Crippen molar-refractivity contribution in [2.24, 2.45) is 5.92 Å². The lowest BCUT2D eigenvalue weighted by molar-refractivity contribution is -0.152. The van der Waals surface area contributed by atoms with E-state index >= 15 is 0 Å². The minimum atomic E-state index is -0.0854. The Labute approximate surface area is 86.2 Å². The van der Waals surface area contributed by atoms with Gasteiger partial charge in [0.2, 0.25) is 0 Å². The Kier molecular flexibility index (Phi) is 4.39. The van der Waals surface area contributed by atoms with Crippen LogP contribution in [0, 0.1) is 5.92 Å². The summed E-state index contributed by atoms with van der Waals surface area (Å²) in [6.45, 7) is 7.00. The van der Waals surface area contributed by atoms with E-state index in [1.165, 1.54) is 0 Å². The fourth-order valence-corrected chi connectivity index (χ4v) is 1.72. The zero-order valence-electron chi connectivity index (χ0n) is 9.38. The number of piperidine rings is 1. The smallest absolute Gasteiger partial charge is 0.323 e. The number of hydrogen-bond donors (Lipinski definition) is 1. The molecule has 1 heterocycles. The molecule has 3 nitrogen and oxygen atoms in total. The molecule has 1 rings (SSSR count). The minimum absolute atomic E-state index is 0.0402. The standard InChI is InChI=1S/C11H21NO2/c1-4-9(3)14-11(13)10-8(2)6-5-7-12-10/h8-10,12H,4-7H2,1-3H3. The summed E-state index contributed by atoms with van der Waals surface area (Å²) in [7, 11) is 0. The first kappa shape index (κ1) is 11.5. The first-order valence-corrected chi connectivity index (χ1v) is 5.59. The molecule has 82 valence electrons. The van der Waals surface area contributed by atoms with Crippen molar-refractivity contribution >= 4 is 5.97 Å². The second kappa shape index (κ2) is 5.35. The van der Waals surface area contributed by atoms with Gasteiger partial charge in [-0.15, -0.1) is 0 Å². The van der Waals surface area contributed by atoms with Crippen LogP contribution < -0.4 is 5.32 Å². The zero-order chi connectivity index (χ0) is 10.6. The van der Waals surface area contributed by atoms with Gasteiger partial charge in [0, 0.05) is 0 Å². The average Bonchev–Trinajstić information content (AvgIpc) is 2.18. The lowest BCUT2D eigenvalue weighted by Gasteiger charge is -2.29. The summed E-state index contributed by atoms with van der Waals surface area (Å²) in [4.78, 5) is 11.7. The molecule has 0 aromatic rings. The maximum absolute atomic E-state index is 11.7. The highest BCUT2D eigenvalue weighted by Crippen LogP contribution is 2.17. The molecule has 14 heavy (non-hydrogen) atoms. The van der Waals surface area contributed by atoms with Crippen molar-refractivity contribution in [3.05, 3.63) is 0 Å². The molecule has 0 spiro atoms. The summed E-state index contributed by atoms with van der Waals surface area (Å²) in [5.74, 6) is 0.326. The van der Waals surface area contributed by atoms with Crippen molar-refractivity contribution in [3.63, 3.8) is 0 Å². The third-order valence-electron chi connectivity index (χ3n) is 2.92. The highest BCUT2D eigenvalue weighted by Gasteiger charge is 2.29. The fraction of sp³-hybridized carbons (Fsp3) is 0.909. The number of ether oxygens (including phenoxy) is 1. The van der Waals surface area contributed by atoms with Gasteiger partial charge in [-0.2, -0.15) is 0 Å². The molecule has 0 aromatic heterocycles. The van der Waals surface area contributed by atoms with Gasteiger partial charge in [0.05, 0.1) is 6.10 Å². The minimum Gasteiger partial charge on any atom is -0.462 e. The molecule has 3 unspecified atom stereocenters. The van der Waals surface area contributed by atoms with Crippen LogP contribution >= 0.6 is 0 Å². The summed E-state index contributed by atoms with van der Waals surface area (Å²) >= 11 is 0. The maximum Gasteiger partial charge on any atom is 0.323 e. The molecular weight excluding hydrogens is 178 g/mol. The van der Waals surface area contributed by atoms with Gasteiger partial charge >= 0.3 is 5.97 Å². The van der Waals surface area contributed by atoms with Crippen LogP contribution in [0.1, 0.15) is 40.0 Å². The predicted molar refractivity (Wildman–Crippen MR) is 56.0 cm³/mol. The van der Waals surface area contributed by atoms with Gasteiger partial charge in [-0.05, 0) is 38.6 Å². The van der Waals surface area contributed by atoms with E-state index in [1.807, 2.05) is 13.8 Å². The highest BCUT2D eigenvalue weighted by atomic mass is 16.5. The Morgan fingerprint density at radius 2 is 2.36 bits per heavy atom. The van der Waals surface area contributed by atoms with E-state index in [4.69, 9.17) is 4.74 Å². The maximum atomic E-state index is 11.7. The van der Waals surface area contributed by atoms with Crippen LogP contribution in [-0.2, 0) is 9.53 Å². The van der Waals surface area contributed by atoms with E-state index in [2.05, 4.69) is 12.2 Å². The molecule has 1 aliphatic heterocycles. The molecule has 1 N–H and O–H groups in total. The number of rotatable bonds is 3. The molecular formula is C11H21NO2. The number of esters is 1. The molecule has 0 radical (unpaired) electrons. The molecule has 3 atom stereocenters. The summed E-state index contributed by atoms with van der Waals surface area (Å²) in [5.41, 5.74) is 0. The number of carbonyl (C=O) groups excluding carboxylic acids is 1. The molecule has 1 aliphatic rings. The average molecular weight is 199 g/mol. The fourth-order valence-electron chi connectivity index (χ4n) is 1.72. The first-order chi connectivity index (χ1) is 6.65. The third kappa shape index (κ3) is 2.98. The predicted octanol–water partition coefficient (Wildman–Crippen LogP) is 1.72. The van der Waals surface area contributed by atoms with E-state index in [1.54, 1.807) is 0 Å². The SMILES string of the molecule is CCC(C)OC(=O)C1NCCCC1C. The van der Waals surface area contributed by atoms with Crippen molar-refractivity contribution in [1.29, 1.82) is 0 Å². The highest BCUT2D eigenvalue weighted by molar-refractivity contribution is 5.76. The number of carbonyl (C=O) groups is 1. The Hall–Kier alpha value is -0.570. The Morgan fingerprint density at radius 1 is 1.64 bits per heavy atom. The molecule has 1 saturated heterocycles. The topological polar surface area (TPSA) is 38.3 Å². The van der Waals surface area contributed by atoms with E-state index in [0.717, 1.165) is 25.8 Å². The van der Waals surface area contributed by atoms with Gasteiger partial charge in [-0.1, -0.05) is 13.8 Å². The second-order valence-electron chi connectivity index (χ2n) is 4.21. The van der Waals surface area contributed by atoms with Gasteiger partial charge in [-0.3, -0.25) is 4.79 Å². The van der Waals surface area contributed by atoms with Crippen molar-refractivity contribution in [2.45, 2.75) is 52.2 Å². The van der Waals surface area contributed by atoms with E-state index in [9.17, 15) is 4.79 Å². The first-order valence-electron chi connectivity index (χ1n) is 5.59. The van der Waals surface area contributed by atoms with E-state index < -0.39 is 0 Å².